The van der Waals surface area contributed by atoms with Crippen LogP contribution in [0.1, 0.15) is 29.9 Å². The molecular formula is C21H26N2O4. The molecular weight excluding hydrogens is 344 g/mol. The maximum absolute atomic E-state index is 11.2. The number of carbonyl (C=O) groups is 1. The lowest BCUT2D eigenvalue weighted by Crippen LogP contribution is -2.06. The van der Waals surface area contributed by atoms with Crippen LogP contribution in [0.4, 0.5) is 0 Å². The van der Waals surface area contributed by atoms with Crippen molar-refractivity contribution in [1.29, 1.82) is 0 Å². The Hall–Kier alpha value is -2.99. The fourth-order valence-corrected chi connectivity index (χ4v) is 2.47. The third-order valence-corrected chi connectivity index (χ3v) is 3.51. The fourth-order valence-electron chi connectivity index (χ4n) is 2.47. The number of hydrogen-bond acceptors (Lipinski definition) is 4. The van der Waals surface area contributed by atoms with Gasteiger partial charge in [0, 0.05) is 17.5 Å². The number of hydrogen-bond donors (Lipinski definition) is 3. The van der Waals surface area contributed by atoms with Gasteiger partial charge < -0.3 is 24.9 Å². The van der Waals surface area contributed by atoms with Crippen LogP contribution in [0.3, 0.4) is 0 Å². The van der Waals surface area contributed by atoms with Crippen molar-refractivity contribution in [2.24, 2.45) is 0 Å². The summed E-state index contributed by atoms with van der Waals surface area (Å²) in [7, 11) is 3.75. The average Bonchev–Trinajstić information content (AvgIpc) is 3.06. The van der Waals surface area contributed by atoms with Crippen LogP contribution in [0.2, 0.25) is 0 Å². The van der Waals surface area contributed by atoms with Crippen molar-refractivity contribution in [2.45, 2.75) is 26.6 Å². The van der Waals surface area contributed by atoms with Crippen LogP contribution in [0.25, 0.3) is 10.9 Å². The minimum Gasteiger partial charge on any atom is -0.490 e. The van der Waals surface area contributed by atoms with Crippen molar-refractivity contribution in [1.82, 2.24) is 10.3 Å². The van der Waals surface area contributed by atoms with Crippen LogP contribution in [0.5, 0.6) is 11.5 Å². The van der Waals surface area contributed by atoms with Crippen LogP contribution < -0.4 is 14.8 Å². The van der Waals surface area contributed by atoms with Crippen molar-refractivity contribution < 1.29 is 19.4 Å². The van der Waals surface area contributed by atoms with Crippen molar-refractivity contribution in [3.8, 4) is 11.5 Å². The topological polar surface area (TPSA) is 83.6 Å². The third-order valence-electron chi connectivity index (χ3n) is 3.51. The molecule has 0 saturated heterocycles. The second-order valence-electron chi connectivity index (χ2n) is 6.31. The molecule has 2 aromatic carbocycles. The minimum atomic E-state index is -1.01. The molecule has 0 saturated carbocycles. The van der Waals surface area contributed by atoms with Gasteiger partial charge in [0.05, 0.1) is 11.6 Å². The van der Waals surface area contributed by atoms with E-state index in [1.165, 1.54) is 0 Å². The summed E-state index contributed by atoms with van der Waals surface area (Å²) in [5.74, 6) is 0.226. The Bertz CT molecular complexity index is 873. The smallest absolute Gasteiger partial charge is 0.352 e. The fraction of sp³-hybridized carbons (Fsp3) is 0.286. The molecule has 0 aliphatic heterocycles. The van der Waals surface area contributed by atoms with Crippen LogP contribution in [0.15, 0.2) is 48.5 Å². The lowest BCUT2D eigenvalue weighted by atomic mass is 10.2. The van der Waals surface area contributed by atoms with Crippen molar-refractivity contribution in [3.63, 3.8) is 0 Å². The van der Waals surface area contributed by atoms with Crippen LogP contribution >= 0.6 is 0 Å². The van der Waals surface area contributed by atoms with E-state index in [9.17, 15) is 9.90 Å². The van der Waals surface area contributed by atoms with E-state index in [4.69, 9.17) is 9.47 Å². The number of benzene rings is 2. The molecule has 3 aromatic rings. The summed E-state index contributed by atoms with van der Waals surface area (Å²) < 4.78 is 11.7. The van der Waals surface area contributed by atoms with E-state index >= 15 is 0 Å². The number of aromatic nitrogens is 1. The van der Waals surface area contributed by atoms with Crippen LogP contribution in [-0.4, -0.2) is 36.3 Å². The van der Waals surface area contributed by atoms with E-state index in [0.717, 1.165) is 10.9 Å². The molecule has 0 amide bonds. The number of aromatic carboxylic acids is 1. The van der Waals surface area contributed by atoms with E-state index < -0.39 is 5.97 Å². The van der Waals surface area contributed by atoms with E-state index in [1.54, 1.807) is 18.2 Å². The molecule has 0 radical (unpaired) electrons. The van der Waals surface area contributed by atoms with Crippen molar-refractivity contribution in [3.05, 3.63) is 59.8 Å². The third kappa shape index (κ3) is 5.76. The molecule has 0 atom stereocenters. The molecule has 0 spiro atoms. The van der Waals surface area contributed by atoms with Crippen LogP contribution in [0, 0.1) is 0 Å². The van der Waals surface area contributed by atoms with Gasteiger partial charge in [0.15, 0.2) is 0 Å². The molecule has 0 bridgehead atoms. The highest BCUT2D eigenvalue weighted by Crippen LogP contribution is 2.33. The van der Waals surface area contributed by atoms with E-state index in [0.29, 0.717) is 23.6 Å². The molecule has 3 rings (SSSR count). The van der Waals surface area contributed by atoms with E-state index in [1.807, 2.05) is 58.3 Å². The van der Waals surface area contributed by atoms with Crippen molar-refractivity contribution in [2.75, 3.05) is 14.1 Å². The largest absolute Gasteiger partial charge is 0.490 e. The highest BCUT2D eigenvalue weighted by molar-refractivity contribution is 5.96. The van der Waals surface area contributed by atoms with Crippen LogP contribution in [-0.2, 0) is 6.61 Å². The molecule has 0 unspecified atom stereocenters. The lowest BCUT2D eigenvalue weighted by Gasteiger charge is -2.13. The maximum Gasteiger partial charge on any atom is 0.352 e. The normalized spacial score (nSPS) is 10.4. The van der Waals surface area contributed by atoms with Gasteiger partial charge in [-0.05, 0) is 39.6 Å². The van der Waals surface area contributed by atoms with Crippen molar-refractivity contribution >= 4 is 16.9 Å². The summed E-state index contributed by atoms with van der Waals surface area (Å²) in [6.45, 7) is 4.28. The van der Waals surface area contributed by atoms with E-state index in [-0.39, 0.29) is 11.8 Å². The molecule has 6 nitrogen and oxygen atoms in total. The van der Waals surface area contributed by atoms with Gasteiger partial charge in [0.2, 0.25) is 0 Å². The number of aromatic amines is 1. The number of H-pyrrole nitrogens is 1. The number of ether oxygens (including phenoxy) is 2. The summed E-state index contributed by atoms with van der Waals surface area (Å²) in [5, 5.41) is 12.7. The van der Waals surface area contributed by atoms with Gasteiger partial charge in [-0.2, -0.15) is 0 Å². The zero-order valence-corrected chi connectivity index (χ0v) is 16.1. The number of carboxylic acids is 1. The zero-order valence-electron chi connectivity index (χ0n) is 16.1. The second kappa shape index (κ2) is 9.64. The number of carboxylic acid groups (broad SMARTS) is 1. The monoisotopic (exact) mass is 370 g/mol. The standard InChI is InChI=1S/C19H19NO4.C2H7N/c1-12(2)24-18-9-14(23-11-13-6-4-3-5-7-13)8-16-15(18)10-17(20-16)19(21)22;1-3-2/h3-10,12,20H,11H2,1-2H3,(H,21,22);3H,1-2H3. The van der Waals surface area contributed by atoms with Gasteiger partial charge in [0.25, 0.3) is 0 Å². The molecule has 0 fully saturated rings. The Balaban J connectivity index is 0.000000817. The molecule has 27 heavy (non-hydrogen) atoms. The Morgan fingerprint density at radius 3 is 2.41 bits per heavy atom. The molecule has 0 aliphatic carbocycles. The van der Waals surface area contributed by atoms with Gasteiger partial charge >= 0.3 is 5.97 Å². The molecule has 1 aromatic heterocycles. The molecule has 3 N–H and O–H groups in total. The number of rotatable bonds is 6. The Morgan fingerprint density at radius 2 is 1.81 bits per heavy atom. The summed E-state index contributed by atoms with van der Waals surface area (Å²) in [4.78, 5) is 14.1. The average molecular weight is 370 g/mol. The highest BCUT2D eigenvalue weighted by Gasteiger charge is 2.14. The number of nitrogens with one attached hydrogen (secondary N) is 2. The maximum atomic E-state index is 11.2. The first-order valence-electron chi connectivity index (χ1n) is 8.76. The van der Waals surface area contributed by atoms with Gasteiger partial charge in [-0.3, -0.25) is 0 Å². The lowest BCUT2D eigenvalue weighted by molar-refractivity contribution is 0.0691. The molecule has 1 heterocycles. The Morgan fingerprint density at radius 1 is 1.15 bits per heavy atom. The molecule has 144 valence electrons. The van der Waals surface area contributed by atoms with Gasteiger partial charge in [0.1, 0.15) is 23.8 Å². The Labute approximate surface area is 159 Å². The number of fused-ring (bicyclic) bond motifs is 1. The van der Waals surface area contributed by atoms with E-state index in [2.05, 4.69) is 10.3 Å². The molecule has 6 heteroatoms. The zero-order chi connectivity index (χ0) is 19.8. The predicted octanol–water partition coefficient (Wildman–Crippen LogP) is 4.07. The van der Waals surface area contributed by atoms with Gasteiger partial charge in [-0.25, -0.2) is 4.79 Å². The summed E-state index contributed by atoms with van der Waals surface area (Å²) in [6, 6.07) is 15.0. The SMILES string of the molecule is CC(C)Oc1cc(OCc2ccccc2)cc2[nH]c(C(=O)O)cc12.CNC. The molecule has 0 aliphatic rings. The highest BCUT2D eigenvalue weighted by atomic mass is 16.5. The minimum absolute atomic E-state index is 0.0271. The first kappa shape index (κ1) is 20.3. The summed E-state index contributed by atoms with van der Waals surface area (Å²) in [5.41, 5.74) is 1.86. The second-order valence-corrected chi connectivity index (χ2v) is 6.31. The summed E-state index contributed by atoms with van der Waals surface area (Å²) >= 11 is 0. The Kier molecular flexibility index (Phi) is 7.25. The van der Waals surface area contributed by atoms with Gasteiger partial charge in [-0.1, -0.05) is 30.3 Å². The van der Waals surface area contributed by atoms with Gasteiger partial charge in [-0.15, -0.1) is 0 Å². The first-order chi connectivity index (χ1) is 12.9. The summed E-state index contributed by atoms with van der Waals surface area (Å²) in [6.07, 6.45) is -0.0271. The first-order valence-corrected chi connectivity index (χ1v) is 8.76. The quantitative estimate of drug-likeness (QED) is 0.609. The predicted molar refractivity (Wildman–Crippen MR) is 107 cm³/mol.